The Balaban J connectivity index is 2.56. The first-order chi connectivity index (χ1) is 6.20. The zero-order valence-corrected chi connectivity index (χ0v) is 6.93. The molecular formula is C9H9FN2O. The van der Waals surface area contributed by atoms with Crippen LogP contribution in [0.25, 0.3) is 0 Å². The Bertz CT molecular complexity index is 376. The largest absolute Gasteiger partial charge is 0.326 e. The first-order valence-corrected chi connectivity index (χ1v) is 4.02. The van der Waals surface area contributed by atoms with Crippen LogP contribution in [-0.2, 0) is 17.8 Å². The molecule has 2 rings (SSSR count). The molecule has 1 aliphatic rings. The van der Waals surface area contributed by atoms with Gasteiger partial charge in [-0.15, -0.1) is 0 Å². The Labute approximate surface area is 74.7 Å². The summed E-state index contributed by atoms with van der Waals surface area (Å²) in [6.07, 6.45) is 0.250. The van der Waals surface area contributed by atoms with E-state index in [2.05, 4.69) is 5.32 Å². The van der Waals surface area contributed by atoms with Gasteiger partial charge in [0.05, 0.1) is 6.42 Å². The summed E-state index contributed by atoms with van der Waals surface area (Å²) in [5.74, 6) is -0.439. The molecule has 4 heteroatoms. The lowest BCUT2D eigenvalue weighted by atomic mass is 10.1. The van der Waals surface area contributed by atoms with Crippen LogP contribution in [0, 0.1) is 5.82 Å². The second-order valence-electron chi connectivity index (χ2n) is 3.03. The summed E-state index contributed by atoms with van der Waals surface area (Å²) in [7, 11) is 0. The van der Waals surface area contributed by atoms with Gasteiger partial charge in [0, 0.05) is 12.2 Å². The summed E-state index contributed by atoms with van der Waals surface area (Å²) >= 11 is 0. The van der Waals surface area contributed by atoms with Gasteiger partial charge in [0.25, 0.3) is 0 Å². The number of carbonyl (C=O) groups is 1. The van der Waals surface area contributed by atoms with Gasteiger partial charge in [-0.05, 0) is 23.3 Å². The summed E-state index contributed by atoms with van der Waals surface area (Å²) in [6.45, 7) is 0.236. The molecule has 1 aromatic carbocycles. The highest BCUT2D eigenvalue weighted by Gasteiger charge is 2.20. The third-order valence-corrected chi connectivity index (χ3v) is 2.10. The summed E-state index contributed by atoms with van der Waals surface area (Å²) < 4.78 is 12.9. The van der Waals surface area contributed by atoms with Crippen LogP contribution >= 0.6 is 0 Å². The fourth-order valence-corrected chi connectivity index (χ4v) is 1.54. The molecule has 1 amide bonds. The number of nitrogens with two attached hydrogens (primary N) is 1. The van der Waals surface area contributed by atoms with Gasteiger partial charge in [-0.2, -0.15) is 0 Å². The zero-order chi connectivity index (χ0) is 9.42. The molecule has 68 valence electrons. The summed E-state index contributed by atoms with van der Waals surface area (Å²) in [5.41, 5.74) is 7.46. The minimum Gasteiger partial charge on any atom is -0.326 e. The molecule has 1 heterocycles. The molecule has 0 aromatic heterocycles. The van der Waals surface area contributed by atoms with E-state index in [-0.39, 0.29) is 24.7 Å². The van der Waals surface area contributed by atoms with Crippen LogP contribution in [0.15, 0.2) is 12.1 Å². The average molecular weight is 180 g/mol. The summed E-state index contributed by atoms with van der Waals surface area (Å²) in [6, 6.07) is 2.72. The highest BCUT2D eigenvalue weighted by atomic mass is 19.1. The highest BCUT2D eigenvalue weighted by Crippen LogP contribution is 2.27. The zero-order valence-electron chi connectivity index (χ0n) is 6.93. The number of rotatable bonds is 1. The minimum absolute atomic E-state index is 0.102. The number of benzene rings is 1. The van der Waals surface area contributed by atoms with Gasteiger partial charge in [-0.3, -0.25) is 4.79 Å². The number of fused-ring (bicyclic) bond motifs is 1. The maximum atomic E-state index is 12.9. The lowest BCUT2D eigenvalue weighted by molar-refractivity contribution is -0.115. The van der Waals surface area contributed by atoms with E-state index in [9.17, 15) is 9.18 Å². The van der Waals surface area contributed by atoms with Gasteiger partial charge < -0.3 is 11.1 Å². The molecule has 0 spiro atoms. The molecule has 0 aliphatic carbocycles. The van der Waals surface area contributed by atoms with Gasteiger partial charge in [-0.1, -0.05) is 0 Å². The van der Waals surface area contributed by atoms with Gasteiger partial charge in [0.2, 0.25) is 5.91 Å². The van der Waals surface area contributed by atoms with E-state index in [0.29, 0.717) is 16.8 Å². The van der Waals surface area contributed by atoms with Gasteiger partial charge in [-0.25, -0.2) is 4.39 Å². The maximum Gasteiger partial charge on any atom is 0.228 e. The number of hydrogen-bond acceptors (Lipinski definition) is 2. The Morgan fingerprint density at radius 3 is 3.00 bits per heavy atom. The van der Waals surface area contributed by atoms with Gasteiger partial charge >= 0.3 is 0 Å². The lowest BCUT2D eigenvalue weighted by Gasteiger charge is -2.05. The van der Waals surface area contributed by atoms with E-state index < -0.39 is 0 Å². The topological polar surface area (TPSA) is 55.1 Å². The number of hydrogen-bond donors (Lipinski definition) is 2. The highest BCUT2D eigenvalue weighted by molar-refractivity contribution is 6.00. The maximum absolute atomic E-state index is 12.9. The van der Waals surface area contributed by atoms with Gasteiger partial charge in [0.1, 0.15) is 5.82 Å². The molecule has 0 saturated carbocycles. The third-order valence-electron chi connectivity index (χ3n) is 2.10. The quantitative estimate of drug-likeness (QED) is 0.671. The summed E-state index contributed by atoms with van der Waals surface area (Å²) in [4.78, 5) is 11.0. The van der Waals surface area contributed by atoms with E-state index >= 15 is 0 Å². The second-order valence-corrected chi connectivity index (χ2v) is 3.03. The van der Waals surface area contributed by atoms with Crippen LogP contribution in [0.4, 0.5) is 10.1 Å². The van der Waals surface area contributed by atoms with Crippen LogP contribution < -0.4 is 11.1 Å². The van der Waals surface area contributed by atoms with E-state index in [1.54, 1.807) is 0 Å². The van der Waals surface area contributed by atoms with Crippen molar-refractivity contribution in [2.45, 2.75) is 13.0 Å². The standard InChI is InChI=1S/C9H9FN2O/c10-7-1-5-3-8(13)12-9(5)6(2-7)4-11/h1-2H,3-4,11H2,(H,12,13). The van der Waals surface area contributed by atoms with Crippen LogP contribution in [0.1, 0.15) is 11.1 Å². The van der Waals surface area contributed by atoms with Crippen molar-refractivity contribution in [2.75, 3.05) is 5.32 Å². The van der Waals surface area contributed by atoms with Crippen molar-refractivity contribution in [3.8, 4) is 0 Å². The smallest absolute Gasteiger partial charge is 0.228 e. The molecule has 0 bridgehead atoms. The van der Waals surface area contributed by atoms with Crippen molar-refractivity contribution in [1.82, 2.24) is 0 Å². The van der Waals surface area contributed by atoms with Gasteiger partial charge in [0.15, 0.2) is 0 Å². The van der Waals surface area contributed by atoms with Crippen molar-refractivity contribution >= 4 is 11.6 Å². The normalized spacial score (nSPS) is 14.2. The van der Waals surface area contributed by atoms with Crippen LogP contribution in [-0.4, -0.2) is 5.91 Å². The number of carbonyl (C=O) groups excluding carboxylic acids is 1. The molecule has 1 aliphatic heterocycles. The number of anilines is 1. The Kier molecular flexibility index (Phi) is 1.77. The van der Waals surface area contributed by atoms with Crippen molar-refractivity contribution < 1.29 is 9.18 Å². The minimum atomic E-state index is -0.337. The van der Waals surface area contributed by atoms with E-state index in [1.165, 1.54) is 12.1 Å². The monoisotopic (exact) mass is 180 g/mol. The molecule has 0 atom stereocenters. The van der Waals surface area contributed by atoms with Crippen molar-refractivity contribution in [3.05, 3.63) is 29.1 Å². The van der Waals surface area contributed by atoms with E-state index in [1.807, 2.05) is 0 Å². The van der Waals surface area contributed by atoms with Crippen LogP contribution in [0.5, 0.6) is 0 Å². The molecule has 13 heavy (non-hydrogen) atoms. The van der Waals surface area contributed by atoms with Crippen LogP contribution in [0.2, 0.25) is 0 Å². The fraction of sp³-hybridized carbons (Fsp3) is 0.222. The first-order valence-electron chi connectivity index (χ1n) is 4.02. The number of halogens is 1. The Morgan fingerprint density at radius 2 is 2.31 bits per heavy atom. The van der Waals surface area contributed by atoms with E-state index in [0.717, 1.165) is 0 Å². The Hall–Kier alpha value is -1.42. The predicted molar refractivity (Wildman–Crippen MR) is 46.6 cm³/mol. The lowest BCUT2D eigenvalue weighted by Crippen LogP contribution is -2.06. The predicted octanol–water partition coefficient (Wildman–Crippen LogP) is 0.779. The molecule has 0 radical (unpaired) electrons. The first kappa shape index (κ1) is 8.19. The van der Waals surface area contributed by atoms with Crippen molar-refractivity contribution in [2.24, 2.45) is 5.73 Å². The molecular weight excluding hydrogens is 171 g/mol. The molecule has 0 saturated heterocycles. The molecule has 3 nitrogen and oxygen atoms in total. The van der Waals surface area contributed by atoms with Crippen LogP contribution in [0.3, 0.4) is 0 Å². The van der Waals surface area contributed by atoms with E-state index in [4.69, 9.17) is 5.73 Å². The number of amides is 1. The molecule has 1 aromatic rings. The Morgan fingerprint density at radius 1 is 1.54 bits per heavy atom. The summed E-state index contributed by atoms with van der Waals surface area (Å²) in [5, 5.41) is 2.66. The molecule has 0 fully saturated rings. The third kappa shape index (κ3) is 1.29. The second kappa shape index (κ2) is 2.81. The van der Waals surface area contributed by atoms with Crippen molar-refractivity contribution in [3.63, 3.8) is 0 Å². The SMILES string of the molecule is NCc1cc(F)cc2c1NC(=O)C2. The average Bonchev–Trinajstić information content (AvgIpc) is 2.43. The molecule has 3 N–H and O–H groups in total. The molecule has 0 unspecified atom stereocenters. The number of nitrogens with one attached hydrogen (secondary N) is 1. The fourth-order valence-electron chi connectivity index (χ4n) is 1.54. The van der Waals surface area contributed by atoms with Crippen molar-refractivity contribution in [1.29, 1.82) is 0 Å².